The van der Waals surface area contributed by atoms with Crippen molar-refractivity contribution in [2.45, 2.75) is 25.0 Å². The minimum atomic E-state index is -0.280. The molecule has 3 aromatic rings. The predicted molar refractivity (Wildman–Crippen MR) is 86.0 cm³/mol. The highest BCUT2D eigenvalue weighted by Crippen LogP contribution is 2.38. The van der Waals surface area contributed by atoms with Crippen molar-refractivity contribution in [2.75, 3.05) is 0 Å². The molecular weight excluding hydrogens is 308 g/mol. The fraction of sp³-hybridized carbons (Fsp3) is 0.375. The number of aliphatic hydroxyl groups excluding tert-OH is 1. The molecule has 2 heterocycles. The van der Waals surface area contributed by atoms with Crippen LogP contribution in [0.3, 0.4) is 0 Å². The van der Waals surface area contributed by atoms with E-state index in [0.717, 1.165) is 11.1 Å². The standard InChI is InChI=1S/C16H18N6O2/c1-22-8-11(7-17-22)15(10-4-12(23)5-10)18-16(24)9-2-3-13-14(6-9)20-21-19-13/h2-3,6-8,10,12,15,23H,4-5H2,1H3,(H,18,24)(H,19,20,21). The molecule has 1 aliphatic carbocycles. The summed E-state index contributed by atoms with van der Waals surface area (Å²) in [6.07, 6.45) is 4.75. The Bertz CT molecular complexity index is 879. The highest BCUT2D eigenvalue weighted by atomic mass is 16.3. The summed E-state index contributed by atoms with van der Waals surface area (Å²) in [6, 6.07) is 5.04. The molecule has 2 aromatic heterocycles. The van der Waals surface area contributed by atoms with Crippen molar-refractivity contribution >= 4 is 16.9 Å². The number of H-pyrrole nitrogens is 1. The number of rotatable bonds is 4. The highest BCUT2D eigenvalue weighted by molar-refractivity contribution is 5.97. The molecule has 1 aromatic carbocycles. The van der Waals surface area contributed by atoms with E-state index < -0.39 is 0 Å². The van der Waals surface area contributed by atoms with Gasteiger partial charge in [-0.15, -0.1) is 0 Å². The minimum absolute atomic E-state index is 0.164. The van der Waals surface area contributed by atoms with Gasteiger partial charge in [-0.05, 0) is 37.0 Å². The molecule has 124 valence electrons. The maximum atomic E-state index is 12.7. The molecule has 8 nitrogen and oxygen atoms in total. The second kappa shape index (κ2) is 5.72. The van der Waals surface area contributed by atoms with Gasteiger partial charge in [0.05, 0.1) is 18.3 Å². The Balaban J connectivity index is 1.58. The van der Waals surface area contributed by atoms with Gasteiger partial charge in [0.1, 0.15) is 11.0 Å². The molecule has 4 rings (SSSR count). The van der Waals surface area contributed by atoms with E-state index in [1.54, 1.807) is 29.1 Å². The van der Waals surface area contributed by atoms with Crippen molar-refractivity contribution in [3.05, 3.63) is 41.7 Å². The number of carbonyl (C=O) groups excluding carboxylic acids is 1. The molecule has 0 spiro atoms. The monoisotopic (exact) mass is 326 g/mol. The van der Waals surface area contributed by atoms with Gasteiger partial charge < -0.3 is 10.4 Å². The lowest BCUT2D eigenvalue weighted by molar-refractivity contribution is 0.0235. The van der Waals surface area contributed by atoms with Gasteiger partial charge in [-0.25, -0.2) is 0 Å². The van der Waals surface area contributed by atoms with Crippen molar-refractivity contribution in [1.29, 1.82) is 0 Å². The number of nitrogens with one attached hydrogen (secondary N) is 2. The zero-order valence-corrected chi connectivity index (χ0v) is 13.2. The van der Waals surface area contributed by atoms with Crippen LogP contribution in [0.5, 0.6) is 0 Å². The van der Waals surface area contributed by atoms with Crippen molar-refractivity contribution in [3.63, 3.8) is 0 Å². The second-order valence-electron chi connectivity index (χ2n) is 6.31. The molecule has 24 heavy (non-hydrogen) atoms. The third-order valence-electron chi connectivity index (χ3n) is 4.57. The molecule has 1 unspecified atom stereocenters. The van der Waals surface area contributed by atoms with Crippen LogP contribution in [0.1, 0.15) is 34.8 Å². The minimum Gasteiger partial charge on any atom is -0.393 e. The Hall–Kier alpha value is -2.74. The summed E-state index contributed by atoms with van der Waals surface area (Å²) >= 11 is 0. The van der Waals surface area contributed by atoms with Crippen molar-refractivity contribution < 1.29 is 9.90 Å². The van der Waals surface area contributed by atoms with Crippen LogP contribution < -0.4 is 5.32 Å². The maximum absolute atomic E-state index is 12.7. The van der Waals surface area contributed by atoms with E-state index in [1.165, 1.54) is 0 Å². The van der Waals surface area contributed by atoms with Gasteiger partial charge in [0.15, 0.2) is 0 Å². The molecule has 1 atom stereocenters. The third kappa shape index (κ3) is 2.65. The Labute approximate surface area is 137 Å². The van der Waals surface area contributed by atoms with Gasteiger partial charge in [-0.3, -0.25) is 9.48 Å². The van der Waals surface area contributed by atoms with Crippen molar-refractivity contribution in [1.82, 2.24) is 30.5 Å². The molecule has 1 amide bonds. The molecule has 1 fully saturated rings. The largest absolute Gasteiger partial charge is 0.393 e. The van der Waals surface area contributed by atoms with Crippen LogP contribution in [0.15, 0.2) is 30.6 Å². The van der Waals surface area contributed by atoms with E-state index in [1.807, 2.05) is 13.2 Å². The number of amides is 1. The van der Waals surface area contributed by atoms with Gasteiger partial charge in [0.25, 0.3) is 5.91 Å². The Morgan fingerprint density at radius 2 is 2.17 bits per heavy atom. The summed E-state index contributed by atoms with van der Waals surface area (Å²) in [5, 5.41) is 27.4. The van der Waals surface area contributed by atoms with E-state index in [4.69, 9.17) is 0 Å². The van der Waals surface area contributed by atoms with E-state index in [0.29, 0.717) is 23.9 Å². The Kier molecular flexibility index (Phi) is 3.53. The number of aryl methyl sites for hydroxylation is 1. The summed E-state index contributed by atoms with van der Waals surface area (Å²) in [6.45, 7) is 0. The lowest BCUT2D eigenvalue weighted by atomic mass is 9.75. The summed E-state index contributed by atoms with van der Waals surface area (Å²) in [4.78, 5) is 12.7. The third-order valence-corrected chi connectivity index (χ3v) is 4.57. The number of carbonyl (C=O) groups is 1. The van der Waals surface area contributed by atoms with Gasteiger partial charge in [-0.2, -0.15) is 20.5 Å². The molecule has 0 radical (unpaired) electrons. The number of aliphatic hydroxyl groups is 1. The fourth-order valence-corrected chi connectivity index (χ4v) is 3.18. The van der Waals surface area contributed by atoms with Crippen molar-refractivity contribution in [2.24, 2.45) is 13.0 Å². The fourth-order valence-electron chi connectivity index (χ4n) is 3.18. The van der Waals surface area contributed by atoms with Crippen LogP contribution in [0.4, 0.5) is 0 Å². The lowest BCUT2D eigenvalue weighted by Gasteiger charge is -2.37. The summed E-state index contributed by atoms with van der Waals surface area (Å²) in [5.41, 5.74) is 2.85. The zero-order valence-electron chi connectivity index (χ0n) is 13.2. The van der Waals surface area contributed by atoms with Gasteiger partial charge in [0, 0.05) is 24.4 Å². The maximum Gasteiger partial charge on any atom is 0.251 e. The predicted octanol–water partition coefficient (Wildman–Crippen LogP) is 0.933. The van der Waals surface area contributed by atoms with E-state index >= 15 is 0 Å². The molecular formula is C16H18N6O2. The Morgan fingerprint density at radius 1 is 1.38 bits per heavy atom. The number of hydrogen-bond donors (Lipinski definition) is 3. The van der Waals surface area contributed by atoms with Crippen LogP contribution in [-0.4, -0.2) is 42.3 Å². The molecule has 0 bridgehead atoms. The van der Waals surface area contributed by atoms with Crippen LogP contribution in [0.25, 0.3) is 11.0 Å². The first-order chi connectivity index (χ1) is 11.6. The number of hydrogen-bond acceptors (Lipinski definition) is 5. The highest BCUT2D eigenvalue weighted by Gasteiger charge is 2.36. The first-order valence-electron chi connectivity index (χ1n) is 7.88. The molecule has 1 saturated carbocycles. The van der Waals surface area contributed by atoms with E-state index in [-0.39, 0.29) is 24.0 Å². The quantitative estimate of drug-likeness (QED) is 0.661. The van der Waals surface area contributed by atoms with Crippen LogP contribution >= 0.6 is 0 Å². The van der Waals surface area contributed by atoms with Gasteiger partial charge >= 0.3 is 0 Å². The van der Waals surface area contributed by atoms with E-state index in [9.17, 15) is 9.90 Å². The average molecular weight is 326 g/mol. The van der Waals surface area contributed by atoms with Crippen LogP contribution in [0, 0.1) is 5.92 Å². The summed E-state index contributed by atoms with van der Waals surface area (Å²) in [7, 11) is 1.84. The first kappa shape index (κ1) is 14.8. The molecule has 0 aliphatic heterocycles. The number of benzene rings is 1. The number of aromatic amines is 1. The topological polar surface area (TPSA) is 109 Å². The summed E-state index contributed by atoms with van der Waals surface area (Å²) in [5.74, 6) is 0.0408. The Morgan fingerprint density at radius 3 is 2.88 bits per heavy atom. The average Bonchev–Trinajstić information content (AvgIpc) is 3.17. The molecule has 0 saturated heterocycles. The summed E-state index contributed by atoms with van der Waals surface area (Å²) < 4.78 is 1.71. The zero-order chi connectivity index (χ0) is 16.7. The number of fused-ring (bicyclic) bond motifs is 1. The lowest BCUT2D eigenvalue weighted by Crippen LogP contribution is -2.41. The smallest absolute Gasteiger partial charge is 0.251 e. The van der Waals surface area contributed by atoms with E-state index in [2.05, 4.69) is 25.8 Å². The second-order valence-corrected chi connectivity index (χ2v) is 6.31. The number of aromatic nitrogens is 5. The normalized spacial score (nSPS) is 21.4. The molecule has 1 aliphatic rings. The first-order valence-corrected chi connectivity index (χ1v) is 7.88. The van der Waals surface area contributed by atoms with Crippen molar-refractivity contribution in [3.8, 4) is 0 Å². The number of nitrogens with zero attached hydrogens (tertiary/aromatic N) is 4. The van der Waals surface area contributed by atoms with Gasteiger partial charge in [0.2, 0.25) is 0 Å². The van der Waals surface area contributed by atoms with Gasteiger partial charge in [-0.1, -0.05) is 0 Å². The van der Waals surface area contributed by atoms with Crippen LogP contribution in [-0.2, 0) is 7.05 Å². The van der Waals surface area contributed by atoms with Crippen LogP contribution in [0.2, 0.25) is 0 Å². The molecule has 3 N–H and O–H groups in total. The molecule has 8 heteroatoms. The SMILES string of the molecule is Cn1cc(C(NC(=O)c2ccc3n[nH]nc3c2)C2CC(O)C2)cn1.